The van der Waals surface area contributed by atoms with Crippen molar-refractivity contribution in [2.45, 2.75) is 38.9 Å². The molecule has 0 saturated carbocycles. The highest BCUT2D eigenvalue weighted by atomic mass is 16.5. The maximum atomic E-state index is 10.1. The zero-order valence-electron chi connectivity index (χ0n) is 9.53. The van der Waals surface area contributed by atoms with Crippen LogP contribution in [0.2, 0.25) is 0 Å². The third-order valence-corrected chi connectivity index (χ3v) is 3.44. The van der Waals surface area contributed by atoms with E-state index in [1.54, 1.807) is 0 Å². The SMILES string of the molecule is CC(C)C1(C)C[C@H](O)c2ccccc2O1. The van der Waals surface area contributed by atoms with Gasteiger partial charge in [-0.3, -0.25) is 0 Å². The Labute approximate surface area is 90.9 Å². The maximum absolute atomic E-state index is 10.1. The van der Waals surface area contributed by atoms with Gasteiger partial charge in [-0.2, -0.15) is 0 Å². The number of hydrogen-bond donors (Lipinski definition) is 1. The van der Waals surface area contributed by atoms with Crippen molar-refractivity contribution in [1.82, 2.24) is 0 Å². The van der Waals surface area contributed by atoms with Gasteiger partial charge in [-0.15, -0.1) is 0 Å². The number of benzene rings is 1. The largest absolute Gasteiger partial charge is 0.487 e. The zero-order valence-corrected chi connectivity index (χ0v) is 9.53. The lowest BCUT2D eigenvalue weighted by Gasteiger charge is -2.41. The molecule has 2 rings (SSSR count). The summed E-state index contributed by atoms with van der Waals surface area (Å²) >= 11 is 0. The van der Waals surface area contributed by atoms with Crippen LogP contribution in [0.1, 0.15) is 38.9 Å². The van der Waals surface area contributed by atoms with Gasteiger partial charge in [-0.1, -0.05) is 32.0 Å². The number of aliphatic hydroxyl groups is 1. The van der Waals surface area contributed by atoms with Crippen molar-refractivity contribution in [3.8, 4) is 5.75 Å². The molecule has 0 aromatic heterocycles. The highest BCUT2D eigenvalue weighted by Crippen LogP contribution is 2.42. The van der Waals surface area contributed by atoms with Gasteiger partial charge in [-0.05, 0) is 18.9 Å². The summed E-state index contributed by atoms with van der Waals surface area (Å²) in [6.45, 7) is 6.32. The molecule has 2 nitrogen and oxygen atoms in total. The predicted molar refractivity (Wildman–Crippen MR) is 59.9 cm³/mol. The quantitative estimate of drug-likeness (QED) is 0.765. The highest BCUT2D eigenvalue weighted by Gasteiger charge is 2.38. The molecule has 0 saturated heterocycles. The second kappa shape index (κ2) is 3.53. The van der Waals surface area contributed by atoms with Crippen molar-refractivity contribution < 1.29 is 9.84 Å². The first-order valence-electron chi connectivity index (χ1n) is 5.49. The van der Waals surface area contributed by atoms with Crippen LogP contribution in [0, 0.1) is 5.92 Å². The van der Waals surface area contributed by atoms with Crippen LogP contribution in [0.4, 0.5) is 0 Å². The number of rotatable bonds is 1. The molecule has 1 N–H and O–H groups in total. The molecule has 1 aromatic carbocycles. The number of fused-ring (bicyclic) bond motifs is 1. The molecule has 15 heavy (non-hydrogen) atoms. The smallest absolute Gasteiger partial charge is 0.125 e. The molecule has 2 heteroatoms. The van der Waals surface area contributed by atoms with Crippen LogP contribution in [0.5, 0.6) is 5.75 Å². The van der Waals surface area contributed by atoms with Crippen LogP contribution >= 0.6 is 0 Å². The summed E-state index contributed by atoms with van der Waals surface area (Å²) in [5.74, 6) is 1.22. The minimum atomic E-state index is -0.401. The molecule has 0 bridgehead atoms. The van der Waals surface area contributed by atoms with Gasteiger partial charge in [0.05, 0.1) is 6.10 Å². The third kappa shape index (κ3) is 1.74. The predicted octanol–water partition coefficient (Wildman–Crippen LogP) is 2.92. The Balaban J connectivity index is 2.38. The molecule has 0 spiro atoms. The van der Waals surface area contributed by atoms with Crippen molar-refractivity contribution in [2.24, 2.45) is 5.92 Å². The summed E-state index contributed by atoms with van der Waals surface area (Å²) in [6.07, 6.45) is 0.268. The minimum absolute atomic E-state index is 0.256. The van der Waals surface area contributed by atoms with Gasteiger partial charge >= 0.3 is 0 Å². The van der Waals surface area contributed by atoms with E-state index >= 15 is 0 Å². The van der Waals surface area contributed by atoms with Gasteiger partial charge < -0.3 is 9.84 Å². The fourth-order valence-electron chi connectivity index (χ4n) is 1.99. The lowest BCUT2D eigenvalue weighted by Crippen LogP contribution is -2.42. The van der Waals surface area contributed by atoms with Crippen molar-refractivity contribution >= 4 is 0 Å². The van der Waals surface area contributed by atoms with E-state index in [0.717, 1.165) is 11.3 Å². The van der Waals surface area contributed by atoms with E-state index in [4.69, 9.17) is 4.74 Å². The number of aliphatic hydroxyl groups excluding tert-OH is 1. The first kappa shape index (κ1) is 10.5. The van der Waals surface area contributed by atoms with Gasteiger partial charge in [0.1, 0.15) is 11.4 Å². The van der Waals surface area contributed by atoms with E-state index in [1.807, 2.05) is 24.3 Å². The highest BCUT2D eigenvalue weighted by molar-refractivity contribution is 5.37. The summed E-state index contributed by atoms with van der Waals surface area (Å²) in [4.78, 5) is 0. The van der Waals surface area contributed by atoms with Crippen LogP contribution in [-0.4, -0.2) is 10.7 Å². The van der Waals surface area contributed by atoms with Gasteiger partial charge in [0.25, 0.3) is 0 Å². The van der Waals surface area contributed by atoms with Crippen LogP contribution in [0.15, 0.2) is 24.3 Å². The fraction of sp³-hybridized carbons (Fsp3) is 0.538. The first-order valence-corrected chi connectivity index (χ1v) is 5.49. The van der Waals surface area contributed by atoms with E-state index in [1.165, 1.54) is 0 Å². The Kier molecular flexibility index (Phi) is 2.47. The van der Waals surface area contributed by atoms with Crippen LogP contribution in [-0.2, 0) is 0 Å². The third-order valence-electron chi connectivity index (χ3n) is 3.44. The van der Waals surface area contributed by atoms with Crippen molar-refractivity contribution in [3.63, 3.8) is 0 Å². The van der Waals surface area contributed by atoms with E-state index in [2.05, 4.69) is 20.8 Å². The summed E-state index contributed by atoms with van der Waals surface area (Å²) in [5, 5.41) is 10.1. The summed E-state index contributed by atoms with van der Waals surface area (Å²) in [7, 11) is 0. The normalized spacial score (nSPS) is 29.8. The molecule has 0 radical (unpaired) electrons. The number of para-hydroxylation sites is 1. The van der Waals surface area contributed by atoms with Crippen molar-refractivity contribution in [3.05, 3.63) is 29.8 Å². The Morgan fingerprint density at radius 2 is 2.07 bits per heavy atom. The molecule has 1 aliphatic rings. The average molecular weight is 206 g/mol. The Morgan fingerprint density at radius 1 is 1.40 bits per heavy atom. The van der Waals surface area contributed by atoms with Crippen LogP contribution < -0.4 is 4.74 Å². The summed E-state index contributed by atoms with van der Waals surface area (Å²) in [6, 6.07) is 7.74. The second-order valence-electron chi connectivity index (χ2n) is 4.83. The zero-order chi connectivity index (χ0) is 11.1. The molecule has 0 amide bonds. The molecular formula is C13H18O2. The molecule has 1 unspecified atom stereocenters. The van der Waals surface area contributed by atoms with Gasteiger partial charge in [0, 0.05) is 12.0 Å². The summed E-state index contributed by atoms with van der Waals surface area (Å²) < 4.78 is 5.99. The lowest BCUT2D eigenvalue weighted by molar-refractivity contribution is -0.0321. The molecular weight excluding hydrogens is 188 g/mol. The number of hydrogen-bond acceptors (Lipinski definition) is 2. The van der Waals surface area contributed by atoms with E-state index in [9.17, 15) is 5.11 Å². The van der Waals surface area contributed by atoms with E-state index in [0.29, 0.717) is 12.3 Å². The first-order chi connectivity index (χ1) is 7.03. The topological polar surface area (TPSA) is 29.5 Å². The second-order valence-corrected chi connectivity index (χ2v) is 4.83. The monoisotopic (exact) mass is 206 g/mol. The Hall–Kier alpha value is -1.02. The molecule has 1 heterocycles. The summed E-state index contributed by atoms with van der Waals surface area (Å²) in [5.41, 5.74) is 0.656. The van der Waals surface area contributed by atoms with Crippen molar-refractivity contribution in [2.75, 3.05) is 0 Å². The Morgan fingerprint density at radius 3 is 2.73 bits per heavy atom. The van der Waals surface area contributed by atoms with Gasteiger partial charge in [0.2, 0.25) is 0 Å². The molecule has 0 fully saturated rings. The van der Waals surface area contributed by atoms with E-state index in [-0.39, 0.29) is 5.60 Å². The minimum Gasteiger partial charge on any atom is -0.487 e. The van der Waals surface area contributed by atoms with Crippen LogP contribution in [0.25, 0.3) is 0 Å². The average Bonchev–Trinajstić information content (AvgIpc) is 2.17. The van der Waals surface area contributed by atoms with E-state index < -0.39 is 6.10 Å². The van der Waals surface area contributed by atoms with Gasteiger partial charge in [-0.25, -0.2) is 0 Å². The van der Waals surface area contributed by atoms with Crippen LogP contribution in [0.3, 0.4) is 0 Å². The number of ether oxygens (including phenoxy) is 1. The molecule has 1 aromatic rings. The van der Waals surface area contributed by atoms with Gasteiger partial charge in [0.15, 0.2) is 0 Å². The lowest BCUT2D eigenvalue weighted by atomic mass is 9.82. The molecule has 82 valence electrons. The fourth-order valence-corrected chi connectivity index (χ4v) is 1.99. The maximum Gasteiger partial charge on any atom is 0.125 e. The standard InChI is InChI=1S/C13H18O2/c1-9(2)13(3)8-11(14)10-6-4-5-7-12(10)15-13/h4-7,9,11,14H,8H2,1-3H3/t11-,13?/m0/s1. The van der Waals surface area contributed by atoms with Crippen molar-refractivity contribution in [1.29, 1.82) is 0 Å². The molecule has 2 atom stereocenters. The molecule has 0 aliphatic carbocycles. The molecule has 1 aliphatic heterocycles. The Bertz CT molecular complexity index is 359.